The molecule has 1 heterocycles. The summed E-state index contributed by atoms with van der Waals surface area (Å²) < 4.78 is 32.4. The number of carbonyl (C=O) groups is 2. The van der Waals surface area contributed by atoms with Crippen molar-refractivity contribution >= 4 is 11.8 Å². The van der Waals surface area contributed by atoms with Gasteiger partial charge in [-0.15, -0.1) is 10.2 Å². The Morgan fingerprint density at radius 3 is 2.34 bits per heavy atom. The van der Waals surface area contributed by atoms with Gasteiger partial charge in [0.2, 0.25) is 17.6 Å². The molecule has 2 amide bonds. The normalized spacial score (nSPS) is 11.9. The lowest BCUT2D eigenvalue weighted by Gasteiger charge is -2.31. The van der Waals surface area contributed by atoms with Gasteiger partial charge in [-0.3, -0.25) is 9.59 Å². The lowest BCUT2D eigenvalue weighted by Crippen LogP contribution is -2.46. The number of tetrazole rings is 1. The summed E-state index contributed by atoms with van der Waals surface area (Å²) in [6, 6.07) is 10.2. The number of benzene rings is 2. The average molecular weight is 529 g/mol. The van der Waals surface area contributed by atoms with Gasteiger partial charge >= 0.3 is 0 Å². The van der Waals surface area contributed by atoms with E-state index >= 15 is 0 Å². The number of nitrogens with one attached hydrogen (secondary N) is 1. The Balaban J connectivity index is 1.86. The Bertz CT molecular complexity index is 1170. The second kappa shape index (κ2) is 14.3. The highest BCUT2D eigenvalue weighted by Crippen LogP contribution is 2.23. The molecule has 1 atom stereocenters. The SMILES string of the molecule is CCOCCCN(C(=O)Cn1nnc(-c2ccc(F)cc2)n1)C(C(=O)NCCC(C)C)c1ccc(F)cc1. The maximum absolute atomic E-state index is 13.7. The first-order valence-electron chi connectivity index (χ1n) is 12.7. The molecule has 0 saturated heterocycles. The van der Waals surface area contributed by atoms with Crippen LogP contribution in [0.1, 0.15) is 45.2 Å². The maximum Gasteiger partial charge on any atom is 0.247 e. The third kappa shape index (κ3) is 8.41. The van der Waals surface area contributed by atoms with Crippen molar-refractivity contribution in [1.82, 2.24) is 30.4 Å². The van der Waals surface area contributed by atoms with Crippen LogP contribution in [0.15, 0.2) is 48.5 Å². The monoisotopic (exact) mass is 528 g/mol. The Morgan fingerprint density at radius 2 is 1.71 bits per heavy atom. The molecule has 0 bridgehead atoms. The summed E-state index contributed by atoms with van der Waals surface area (Å²) in [5.41, 5.74) is 1.03. The van der Waals surface area contributed by atoms with Gasteiger partial charge in [-0.2, -0.15) is 4.80 Å². The number of amides is 2. The number of ether oxygens (including phenoxy) is 1. The molecular weight excluding hydrogens is 494 g/mol. The molecule has 1 unspecified atom stereocenters. The third-order valence-corrected chi connectivity index (χ3v) is 5.81. The summed E-state index contributed by atoms with van der Waals surface area (Å²) in [4.78, 5) is 29.6. The number of aromatic nitrogens is 4. The first-order valence-corrected chi connectivity index (χ1v) is 12.7. The van der Waals surface area contributed by atoms with E-state index in [1.807, 2.05) is 6.92 Å². The third-order valence-electron chi connectivity index (χ3n) is 5.81. The van der Waals surface area contributed by atoms with Crippen LogP contribution in [-0.4, -0.2) is 63.2 Å². The van der Waals surface area contributed by atoms with Crippen LogP contribution in [0.2, 0.25) is 0 Å². The Kier molecular flexibility index (Phi) is 10.8. The van der Waals surface area contributed by atoms with Crippen LogP contribution < -0.4 is 5.32 Å². The summed E-state index contributed by atoms with van der Waals surface area (Å²) in [6.45, 7) is 7.30. The molecule has 0 aliphatic carbocycles. The Labute approximate surface area is 221 Å². The summed E-state index contributed by atoms with van der Waals surface area (Å²) >= 11 is 0. The fraction of sp³-hybridized carbons (Fsp3) is 0.444. The van der Waals surface area contributed by atoms with Gasteiger partial charge in [-0.05, 0) is 72.9 Å². The van der Waals surface area contributed by atoms with Crippen LogP contribution in [0.4, 0.5) is 8.78 Å². The van der Waals surface area contributed by atoms with Crippen LogP contribution in [0.25, 0.3) is 11.4 Å². The lowest BCUT2D eigenvalue weighted by atomic mass is 10.0. The number of halogens is 2. The molecule has 204 valence electrons. The van der Waals surface area contributed by atoms with Crippen molar-refractivity contribution in [1.29, 1.82) is 0 Å². The minimum atomic E-state index is -0.989. The Morgan fingerprint density at radius 1 is 1.05 bits per heavy atom. The summed E-state index contributed by atoms with van der Waals surface area (Å²) in [5.74, 6) is -0.988. The lowest BCUT2D eigenvalue weighted by molar-refractivity contribution is -0.142. The minimum absolute atomic E-state index is 0.220. The zero-order chi connectivity index (χ0) is 27.5. The van der Waals surface area contributed by atoms with Crippen molar-refractivity contribution in [3.8, 4) is 11.4 Å². The maximum atomic E-state index is 13.7. The van der Waals surface area contributed by atoms with Crippen LogP contribution in [0.5, 0.6) is 0 Å². The van der Waals surface area contributed by atoms with Crippen LogP contribution in [0, 0.1) is 17.6 Å². The van der Waals surface area contributed by atoms with E-state index in [9.17, 15) is 18.4 Å². The first-order chi connectivity index (χ1) is 18.3. The van der Waals surface area contributed by atoms with Gasteiger partial charge in [0.25, 0.3) is 0 Å². The topological polar surface area (TPSA) is 102 Å². The van der Waals surface area contributed by atoms with Gasteiger partial charge in [0, 0.05) is 31.9 Å². The van der Waals surface area contributed by atoms with E-state index in [4.69, 9.17) is 4.74 Å². The summed E-state index contributed by atoms with van der Waals surface area (Å²) in [7, 11) is 0. The second-order valence-corrected chi connectivity index (χ2v) is 9.22. The zero-order valence-electron chi connectivity index (χ0n) is 21.9. The summed E-state index contributed by atoms with van der Waals surface area (Å²) in [5, 5.41) is 15.1. The van der Waals surface area contributed by atoms with E-state index < -0.39 is 23.6 Å². The van der Waals surface area contributed by atoms with Crippen molar-refractivity contribution in [3.63, 3.8) is 0 Å². The number of carbonyl (C=O) groups excluding carboxylic acids is 2. The Hall–Kier alpha value is -3.73. The molecule has 0 fully saturated rings. The molecule has 0 saturated carbocycles. The van der Waals surface area contributed by atoms with E-state index in [-0.39, 0.29) is 24.8 Å². The van der Waals surface area contributed by atoms with Crippen molar-refractivity contribution in [2.75, 3.05) is 26.3 Å². The van der Waals surface area contributed by atoms with Crippen LogP contribution >= 0.6 is 0 Å². The van der Waals surface area contributed by atoms with Gasteiger partial charge in [0.1, 0.15) is 24.2 Å². The van der Waals surface area contributed by atoms with E-state index in [1.54, 1.807) is 0 Å². The van der Waals surface area contributed by atoms with E-state index in [1.165, 1.54) is 53.4 Å². The molecular formula is C27H34F2N6O3. The largest absolute Gasteiger partial charge is 0.382 e. The molecule has 3 aromatic rings. The molecule has 0 spiro atoms. The molecule has 11 heteroatoms. The molecule has 2 aromatic carbocycles. The molecule has 0 radical (unpaired) electrons. The fourth-order valence-corrected chi connectivity index (χ4v) is 3.81. The highest BCUT2D eigenvalue weighted by atomic mass is 19.1. The van der Waals surface area contributed by atoms with Crippen LogP contribution in [0.3, 0.4) is 0 Å². The van der Waals surface area contributed by atoms with E-state index in [2.05, 4.69) is 34.6 Å². The van der Waals surface area contributed by atoms with Gasteiger partial charge in [-0.1, -0.05) is 26.0 Å². The molecule has 38 heavy (non-hydrogen) atoms. The van der Waals surface area contributed by atoms with E-state index in [0.29, 0.717) is 43.2 Å². The van der Waals surface area contributed by atoms with E-state index in [0.717, 1.165) is 11.2 Å². The van der Waals surface area contributed by atoms with Gasteiger partial charge in [0.05, 0.1) is 0 Å². The van der Waals surface area contributed by atoms with Crippen molar-refractivity contribution in [2.45, 2.75) is 46.2 Å². The molecule has 9 nitrogen and oxygen atoms in total. The van der Waals surface area contributed by atoms with Crippen molar-refractivity contribution in [2.24, 2.45) is 5.92 Å². The summed E-state index contributed by atoms with van der Waals surface area (Å²) in [6.07, 6.45) is 1.26. The zero-order valence-corrected chi connectivity index (χ0v) is 21.9. The van der Waals surface area contributed by atoms with Crippen molar-refractivity contribution < 1.29 is 23.1 Å². The first kappa shape index (κ1) is 28.8. The number of hydrogen-bond donors (Lipinski definition) is 1. The predicted molar refractivity (Wildman–Crippen MR) is 138 cm³/mol. The number of rotatable bonds is 14. The van der Waals surface area contributed by atoms with Gasteiger partial charge in [-0.25, -0.2) is 8.78 Å². The molecule has 1 aromatic heterocycles. The standard InChI is InChI=1S/C27H34F2N6O3/c1-4-38-17-5-16-34(24(36)18-35-32-26(31-33-35)21-8-12-23(29)13-9-21)25(20-6-10-22(28)11-7-20)27(37)30-15-14-19(2)3/h6-13,19,25H,4-5,14-18H2,1-3H3,(H,30,37). The number of nitrogens with zero attached hydrogens (tertiary/aromatic N) is 5. The average Bonchev–Trinajstić information content (AvgIpc) is 3.35. The fourth-order valence-electron chi connectivity index (χ4n) is 3.81. The highest BCUT2D eigenvalue weighted by molar-refractivity contribution is 5.88. The molecule has 0 aliphatic heterocycles. The number of hydrogen-bond acceptors (Lipinski definition) is 6. The van der Waals surface area contributed by atoms with Crippen molar-refractivity contribution in [3.05, 3.63) is 65.7 Å². The van der Waals surface area contributed by atoms with Gasteiger partial charge < -0.3 is 15.0 Å². The van der Waals surface area contributed by atoms with Gasteiger partial charge in [0.15, 0.2) is 0 Å². The quantitative estimate of drug-likeness (QED) is 0.320. The van der Waals surface area contributed by atoms with Crippen LogP contribution in [-0.2, 0) is 20.9 Å². The molecule has 0 aliphatic rings. The highest BCUT2D eigenvalue weighted by Gasteiger charge is 2.31. The minimum Gasteiger partial charge on any atom is -0.382 e. The molecule has 1 N–H and O–H groups in total. The second-order valence-electron chi connectivity index (χ2n) is 9.22. The molecule has 3 rings (SSSR count). The predicted octanol–water partition coefficient (Wildman–Crippen LogP) is 3.78. The smallest absolute Gasteiger partial charge is 0.247 e.